The summed E-state index contributed by atoms with van der Waals surface area (Å²) in [5.74, 6) is -14.6. The molecule has 0 atom stereocenters. The van der Waals surface area contributed by atoms with Crippen LogP contribution < -0.4 is 10.1 Å². The van der Waals surface area contributed by atoms with Gasteiger partial charge in [0.2, 0.25) is 34.8 Å². The van der Waals surface area contributed by atoms with Gasteiger partial charge in [0.25, 0.3) is 0 Å². The van der Waals surface area contributed by atoms with Gasteiger partial charge < -0.3 is 71.6 Å². The largest absolute Gasteiger partial charge is 0.460 e. The summed E-state index contributed by atoms with van der Waals surface area (Å²) in [6.45, 7) is 11.6. The topological polar surface area (TPSA) is 175 Å². The summed E-state index contributed by atoms with van der Waals surface area (Å²) in [6, 6.07) is 7.23. The van der Waals surface area contributed by atoms with Crippen molar-refractivity contribution in [2.45, 2.75) is 26.2 Å². The molecule has 0 spiro atoms. The van der Waals surface area contributed by atoms with E-state index in [0.29, 0.717) is 131 Å². The van der Waals surface area contributed by atoms with Crippen LogP contribution in [-0.4, -0.2) is 184 Å². The second-order valence-electron chi connectivity index (χ2n) is 13.5. The predicted molar refractivity (Wildman–Crippen MR) is 226 cm³/mol. The Morgan fingerprint density at radius 3 is 1.06 bits per heavy atom. The van der Waals surface area contributed by atoms with Gasteiger partial charge in [0, 0.05) is 12.2 Å². The predicted octanol–water partition coefficient (Wildman–Crippen LogP) is 4.95. The number of nitrogens with one attached hydrogen (secondary N) is 1. The van der Waals surface area contributed by atoms with Crippen molar-refractivity contribution in [1.82, 2.24) is 0 Å². The van der Waals surface area contributed by atoms with Gasteiger partial charge in [0.15, 0.2) is 0 Å². The molecule has 17 nitrogen and oxygen atoms in total. The third-order valence-electron chi connectivity index (χ3n) is 8.37. The summed E-state index contributed by atoms with van der Waals surface area (Å²) in [4.78, 5) is 23.8. The molecule has 0 heterocycles. The van der Waals surface area contributed by atoms with Gasteiger partial charge in [-0.3, -0.25) is 4.79 Å². The Hall–Kier alpha value is -3.65. The molecule has 0 unspecified atom stereocenters. The summed E-state index contributed by atoms with van der Waals surface area (Å²) in [6.07, 6.45) is 1.72. The molecule has 0 bridgehead atoms. The van der Waals surface area contributed by atoms with E-state index in [0.717, 1.165) is 25.1 Å². The smallest absolute Gasteiger partial charge is 0.338 e. The number of unbranched alkanes of at least 4 members (excludes halogenated alkanes) is 1. The van der Waals surface area contributed by atoms with E-state index in [9.17, 15) is 31.5 Å². The molecule has 0 saturated heterocycles. The highest BCUT2D eigenvalue weighted by Gasteiger charge is 2.28. The molecular formula is C44H66F5NO16. The number of hydrogen-bond acceptors (Lipinski definition) is 17. The van der Waals surface area contributed by atoms with E-state index in [1.54, 1.807) is 12.1 Å². The van der Waals surface area contributed by atoms with Gasteiger partial charge in [-0.2, -0.15) is 8.78 Å². The molecule has 0 fully saturated rings. The minimum absolute atomic E-state index is 0.0724. The summed E-state index contributed by atoms with van der Waals surface area (Å²) < 4.78 is 141. The molecule has 0 aliphatic heterocycles. The van der Waals surface area contributed by atoms with Crippen molar-refractivity contribution >= 4 is 17.6 Å². The molecule has 0 amide bonds. The van der Waals surface area contributed by atoms with Crippen molar-refractivity contribution in [2.75, 3.05) is 177 Å². The highest BCUT2D eigenvalue weighted by molar-refractivity contribution is 5.89. The molecule has 1 N–H and O–H groups in total. The van der Waals surface area contributed by atoms with E-state index in [-0.39, 0.29) is 45.6 Å². The number of halogens is 5. The summed E-state index contributed by atoms with van der Waals surface area (Å²) in [5.41, 5.74) is 1.48. The summed E-state index contributed by atoms with van der Waals surface area (Å²) >= 11 is 0. The van der Waals surface area contributed by atoms with Crippen LogP contribution >= 0.6 is 0 Å². The van der Waals surface area contributed by atoms with Gasteiger partial charge in [0.05, 0.1) is 171 Å². The Kier molecular flexibility index (Phi) is 35.8. The lowest BCUT2D eigenvalue weighted by Gasteiger charge is -2.09. The van der Waals surface area contributed by atoms with Crippen LogP contribution in [0, 0.1) is 29.1 Å². The first kappa shape index (κ1) is 58.5. The van der Waals surface area contributed by atoms with Crippen molar-refractivity contribution in [3.05, 3.63) is 58.9 Å². The lowest BCUT2D eigenvalue weighted by atomic mass is 10.2. The normalized spacial score (nSPS) is 11.4. The monoisotopic (exact) mass is 959 g/mol. The summed E-state index contributed by atoms with van der Waals surface area (Å²) in [7, 11) is 0. The first-order valence-electron chi connectivity index (χ1n) is 21.9. The number of carbonyl (C=O) groups excluding carboxylic acids is 2. The van der Waals surface area contributed by atoms with Gasteiger partial charge in [-0.05, 0) is 30.7 Å². The van der Waals surface area contributed by atoms with Gasteiger partial charge in [-0.15, -0.1) is 0 Å². The van der Waals surface area contributed by atoms with E-state index in [1.807, 2.05) is 12.1 Å². The van der Waals surface area contributed by atoms with Crippen molar-refractivity contribution < 1.29 is 97.9 Å². The maximum Gasteiger partial charge on any atom is 0.338 e. The molecule has 0 saturated carbocycles. The van der Waals surface area contributed by atoms with E-state index in [2.05, 4.69) is 17.0 Å². The van der Waals surface area contributed by atoms with E-state index < -0.39 is 47.2 Å². The fourth-order valence-electron chi connectivity index (χ4n) is 4.93. The lowest BCUT2D eigenvalue weighted by molar-refractivity contribution is -0.136. The van der Waals surface area contributed by atoms with Crippen LogP contribution in [0.3, 0.4) is 0 Å². The zero-order valence-electron chi connectivity index (χ0n) is 37.7. The molecule has 0 radical (unpaired) electrons. The molecule has 2 aromatic rings. The van der Waals surface area contributed by atoms with Crippen molar-refractivity contribution in [1.29, 1.82) is 0 Å². The van der Waals surface area contributed by atoms with Gasteiger partial charge >= 0.3 is 11.9 Å². The zero-order chi connectivity index (χ0) is 47.7. The second kappa shape index (κ2) is 40.4. The van der Waals surface area contributed by atoms with Crippen molar-refractivity contribution in [2.24, 2.45) is 0 Å². The molecule has 0 aliphatic carbocycles. The Bertz CT molecular complexity index is 1510. The quantitative estimate of drug-likeness (QED) is 0.0236. The van der Waals surface area contributed by atoms with Crippen LogP contribution in [0.2, 0.25) is 0 Å². The number of esters is 2. The Balaban J connectivity index is 1.19. The SMILES string of the molecule is CCCCNc1ccc(C(=O)OCCOCCOCCOCCOCCOCCOCCOCCOCCOCCOCCOCCOCCC(=O)Oc2c(F)c(F)c(F)c(F)c2F)cc1. The van der Waals surface area contributed by atoms with E-state index in [4.69, 9.17) is 61.6 Å². The Morgan fingerprint density at radius 1 is 0.424 bits per heavy atom. The van der Waals surface area contributed by atoms with Gasteiger partial charge in [-0.1, -0.05) is 13.3 Å². The maximum absolute atomic E-state index is 13.6. The Morgan fingerprint density at radius 2 is 0.727 bits per heavy atom. The second-order valence-corrected chi connectivity index (χ2v) is 13.5. The number of ether oxygens (including phenoxy) is 14. The maximum atomic E-state index is 13.6. The number of hydrogen-bond donors (Lipinski definition) is 1. The lowest BCUT2D eigenvalue weighted by Crippen LogP contribution is -2.16. The summed E-state index contributed by atoms with van der Waals surface area (Å²) in [5, 5.41) is 3.31. The molecule has 0 aliphatic rings. The zero-order valence-corrected chi connectivity index (χ0v) is 37.7. The van der Waals surface area contributed by atoms with Crippen LogP contribution in [0.4, 0.5) is 27.6 Å². The first-order chi connectivity index (χ1) is 32.3. The van der Waals surface area contributed by atoms with E-state index in [1.165, 1.54) is 0 Å². The van der Waals surface area contributed by atoms with Crippen molar-refractivity contribution in [3.8, 4) is 5.75 Å². The van der Waals surface area contributed by atoms with E-state index >= 15 is 0 Å². The van der Waals surface area contributed by atoms with Crippen LogP contribution in [0.15, 0.2) is 24.3 Å². The third-order valence-corrected chi connectivity index (χ3v) is 8.37. The fourth-order valence-corrected chi connectivity index (χ4v) is 4.93. The molecule has 22 heteroatoms. The highest BCUT2D eigenvalue weighted by atomic mass is 19.2. The van der Waals surface area contributed by atoms with Crippen LogP contribution in [-0.2, 0) is 66.4 Å². The first-order valence-corrected chi connectivity index (χ1v) is 21.9. The molecule has 0 aromatic heterocycles. The van der Waals surface area contributed by atoms with Gasteiger partial charge in [-0.25, -0.2) is 18.0 Å². The minimum Gasteiger partial charge on any atom is -0.460 e. The minimum atomic E-state index is -2.35. The van der Waals surface area contributed by atoms with Gasteiger partial charge in [0.1, 0.15) is 6.61 Å². The van der Waals surface area contributed by atoms with Crippen LogP contribution in [0.25, 0.3) is 0 Å². The number of rotatable bonds is 45. The fraction of sp³-hybridized carbons (Fsp3) is 0.682. The molecule has 66 heavy (non-hydrogen) atoms. The van der Waals surface area contributed by atoms with Crippen LogP contribution in [0.5, 0.6) is 5.75 Å². The molecule has 378 valence electrons. The highest BCUT2D eigenvalue weighted by Crippen LogP contribution is 2.29. The average Bonchev–Trinajstić information content (AvgIpc) is 3.32. The number of benzene rings is 2. The van der Waals surface area contributed by atoms with Crippen molar-refractivity contribution in [3.63, 3.8) is 0 Å². The third kappa shape index (κ3) is 29.2. The van der Waals surface area contributed by atoms with Crippen LogP contribution in [0.1, 0.15) is 36.5 Å². The number of anilines is 1. The molecule has 2 aromatic carbocycles. The average molecular weight is 960 g/mol. The molecular weight excluding hydrogens is 893 g/mol. The standard InChI is InChI=1S/C44H66F5NO16/c1-2-3-9-50-36-6-4-35(5-7-36)44(52)65-34-33-64-32-31-63-30-29-62-28-27-61-26-25-60-24-23-59-22-21-58-20-19-57-18-17-56-16-15-55-14-13-54-12-11-53-10-8-37(51)66-43-41(48)39(46)38(45)40(47)42(43)49/h4-7,50H,2-3,8-34H2,1H3. The number of carbonyl (C=O) groups is 2. The molecule has 2 rings (SSSR count). The Labute approximate surface area is 382 Å².